The largest absolute Gasteiger partial charge is 0.314 e. The van der Waals surface area contributed by atoms with Gasteiger partial charge in [-0.25, -0.2) is 0 Å². The quantitative estimate of drug-likeness (QED) is 0.837. The van der Waals surface area contributed by atoms with E-state index in [0.29, 0.717) is 6.04 Å². The molecule has 2 aliphatic rings. The highest BCUT2D eigenvalue weighted by Gasteiger charge is 2.34. The molecule has 3 rings (SSSR count). The second-order valence-electron chi connectivity index (χ2n) is 5.74. The van der Waals surface area contributed by atoms with Gasteiger partial charge in [-0.15, -0.1) is 0 Å². The molecule has 2 aliphatic heterocycles. The third kappa shape index (κ3) is 2.53. The van der Waals surface area contributed by atoms with E-state index >= 15 is 0 Å². The second-order valence-corrected chi connectivity index (χ2v) is 5.74. The van der Waals surface area contributed by atoms with Crippen LogP contribution in [0, 0.1) is 11.8 Å². The van der Waals surface area contributed by atoms with E-state index in [1.165, 1.54) is 31.6 Å². The molecule has 2 heterocycles. The molecule has 0 saturated carbocycles. The first kappa shape index (κ1) is 11.2. The molecule has 0 aliphatic carbocycles. The van der Waals surface area contributed by atoms with Crippen LogP contribution >= 0.6 is 0 Å². The zero-order valence-corrected chi connectivity index (χ0v) is 10.6. The predicted molar refractivity (Wildman–Crippen MR) is 70.8 cm³/mol. The van der Waals surface area contributed by atoms with Gasteiger partial charge in [-0.05, 0) is 37.3 Å². The van der Waals surface area contributed by atoms with Crippen molar-refractivity contribution in [1.82, 2.24) is 10.2 Å². The van der Waals surface area contributed by atoms with E-state index in [2.05, 4.69) is 47.5 Å². The fraction of sp³-hybridized carbons (Fsp3) is 0.600. The van der Waals surface area contributed by atoms with E-state index < -0.39 is 0 Å². The van der Waals surface area contributed by atoms with Crippen LogP contribution in [0.3, 0.4) is 0 Å². The zero-order chi connectivity index (χ0) is 11.7. The minimum absolute atomic E-state index is 0.699. The molecule has 2 bridgehead atoms. The van der Waals surface area contributed by atoms with Crippen LogP contribution in [-0.2, 0) is 6.54 Å². The summed E-state index contributed by atoms with van der Waals surface area (Å²) in [5.41, 5.74) is 1.45. The first-order valence-corrected chi connectivity index (χ1v) is 6.81. The lowest BCUT2D eigenvalue weighted by Gasteiger charge is -2.45. The zero-order valence-electron chi connectivity index (χ0n) is 10.6. The number of fused-ring (bicyclic) bond motifs is 2. The number of likely N-dealkylation sites (tertiary alicyclic amines) is 1. The van der Waals surface area contributed by atoms with Crippen LogP contribution < -0.4 is 5.32 Å². The topological polar surface area (TPSA) is 15.3 Å². The minimum Gasteiger partial charge on any atom is -0.314 e. The molecule has 0 spiro atoms. The molecule has 1 aromatic rings. The smallest absolute Gasteiger partial charge is 0.0233 e. The SMILES string of the molecule is C[C@H]1NC[C@@H]2C[C@@H]1CN(Cc1ccccc1)C2. The van der Waals surface area contributed by atoms with Gasteiger partial charge in [0.05, 0.1) is 0 Å². The number of nitrogens with one attached hydrogen (secondary N) is 1. The predicted octanol–water partition coefficient (Wildman–Crippen LogP) is 2.12. The number of rotatable bonds is 2. The Hall–Kier alpha value is -0.860. The van der Waals surface area contributed by atoms with Gasteiger partial charge in [-0.3, -0.25) is 4.90 Å². The van der Waals surface area contributed by atoms with Gasteiger partial charge in [0.15, 0.2) is 0 Å². The highest BCUT2D eigenvalue weighted by molar-refractivity contribution is 5.14. The van der Waals surface area contributed by atoms with Crippen LogP contribution in [0.25, 0.3) is 0 Å². The molecule has 1 aromatic carbocycles. The second kappa shape index (κ2) is 4.79. The van der Waals surface area contributed by atoms with Crippen molar-refractivity contribution in [2.24, 2.45) is 11.8 Å². The van der Waals surface area contributed by atoms with Crippen LogP contribution in [0.5, 0.6) is 0 Å². The molecular formula is C15H22N2. The van der Waals surface area contributed by atoms with Crippen molar-refractivity contribution in [3.8, 4) is 0 Å². The van der Waals surface area contributed by atoms with Gasteiger partial charge in [0.2, 0.25) is 0 Å². The molecule has 2 saturated heterocycles. The highest BCUT2D eigenvalue weighted by atomic mass is 15.2. The summed E-state index contributed by atoms with van der Waals surface area (Å²) in [5, 5.41) is 3.64. The van der Waals surface area contributed by atoms with E-state index in [0.717, 1.165) is 18.4 Å². The third-order valence-electron chi connectivity index (χ3n) is 4.33. The van der Waals surface area contributed by atoms with Gasteiger partial charge < -0.3 is 5.32 Å². The van der Waals surface area contributed by atoms with Crippen molar-refractivity contribution >= 4 is 0 Å². The Balaban J connectivity index is 1.65. The molecule has 0 unspecified atom stereocenters. The number of piperidine rings is 2. The van der Waals surface area contributed by atoms with Gasteiger partial charge in [-0.1, -0.05) is 30.3 Å². The molecule has 2 heteroatoms. The van der Waals surface area contributed by atoms with E-state index in [1.54, 1.807) is 0 Å². The van der Waals surface area contributed by atoms with Gasteiger partial charge in [-0.2, -0.15) is 0 Å². The van der Waals surface area contributed by atoms with Gasteiger partial charge in [0.1, 0.15) is 0 Å². The molecule has 92 valence electrons. The molecule has 0 amide bonds. The van der Waals surface area contributed by atoms with Gasteiger partial charge in [0.25, 0.3) is 0 Å². The van der Waals surface area contributed by atoms with Crippen molar-refractivity contribution in [3.63, 3.8) is 0 Å². The maximum Gasteiger partial charge on any atom is 0.0233 e. The summed E-state index contributed by atoms with van der Waals surface area (Å²) in [6.07, 6.45) is 1.43. The Morgan fingerprint density at radius 3 is 2.88 bits per heavy atom. The average molecular weight is 230 g/mol. The summed E-state index contributed by atoms with van der Waals surface area (Å²) < 4.78 is 0. The van der Waals surface area contributed by atoms with Crippen molar-refractivity contribution in [2.45, 2.75) is 25.9 Å². The van der Waals surface area contributed by atoms with Crippen molar-refractivity contribution in [3.05, 3.63) is 35.9 Å². The maximum atomic E-state index is 3.64. The van der Waals surface area contributed by atoms with Crippen molar-refractivity contribution in [2.75, 3.05) is 19.6 Å². The standard InChI is InChI=1S/C15H22N2/c1-12-15-7-14(8-16-12)10-17(11-15)9-13-5-3-2-4-6-13/h2-6,12,14-16H,7-11H2,1H3/t12-,14+,15-/m1/s1. The van der Waals surface area contributed by atoms with Gasteiger partial charge >= 0.3 is 0 Å². The molecule has 2 nitrogen and oxygen atoms in total. The molecule has 3 atom stereocenters. The van der Waals surface area contributed by atoms with Crippen LogP contribution in [0.1, 0.15) is 18.9 Å². The summed E-state index contributed by atoms with van der Waals surface area (Å²) >= 11 is 0. The number of benzene rings is 1. The Labute approximate surface area is 104 Å². The van der Waals surface area contributed by atoms with Crippen LogP contribution in [0.15, 0.2) is 30.3 Å². The van der Waals surface area contributed by atoms with Gasteiger partial charge in [0, 0.05) is 25.7 Å². The molecule has 1 N–H and O–H groups in total. The lowest BCUT2D eigenvalue weighted by Crippen LogP contribution is -2.54. The summed E-state index contributed by atoms with van der Waals surface area (Å²) in [6, 6.07) is 11.6. The molecule has 0 radical (unpaired) electrons. The summed E-state index contributed by atoms with van der Waals surface area (Å²) in [7, 11) is 0. The molecular weight excluding hydrogens is 208 g/mol. The van der Waals surface area contributed by atoms with Crippen LogP contribution in [0.2, 0.25) is 0 Å². The number of hydrogen-bond donors (Lipinski definition) is 1. The molecule has 2 fully saturated rings. The summed E-state index contributed by atoms with van der Waals surface area (Å²) in [6.45, 7) is 7.21. The Morgan fingerprint density at radius 2 is 2.06 bits per heavy atom. The maximum absolute atomic E-state index is 3.64. The normalized spacial score (nSPS) is 33.6. The highest BCUT2D eigenvalue weighted by Crippen LogP contribution is 2.28. The fourth-order valence-corrected chi connectivity index (χ4v) is 3.35. The Morgan fingerprint density at radius 1 is 1.24 bits per heavy atom. The van der Waals surface area contributed by atoms with E-state index in [1.807, 2.05) is 0 Å². The van der Waals surface area contributed by atoms with Crippen molar-refractivity contribution < 1.29 is 0 Å². The average Bonchev–Trinajstić information content (AvgIpc) is 2.36. The summed E-state index contributed by atoms with van der Waals surface area (Å²) in [5.74, 6) is 1.72. The monoisotopic (exact) mass is 230 g/mol. The van der Waals surface area contributed by atoms with E-state index in [9.17, 15) is 0 Å². The molecule has 0 aromatic heterocycles. The molecule has 17 heavy (non-hydrogen) atoms. The number of nitrogens with zero attached hydrogens (tertiary/aromatic N) is 1. The third-order valence-corrected chi connectivity index (χ3v) is 4.33. The lowest BCUT2D eigenvalue weighted by molar-refractivity contribution is 0.0681. The minimum atomic E-state index is 0.699. The lowest BCUT2D eigenvalue weighted by atomic mass is 9.81. The Kier molecular flexibility index (Phi) is 3.17. The fourth-order valence-electron chi connectivity index (χ4n) is 3.35. The van der Waals surface area contributed by atoms with Crippen LogP contribution in [0.4, 0.5) is 0 Å². The van der Waals surface area contributed by atoms with Crippen molar-refractivity contribution in [1.29, 1.82) is 0 Å². The van der Waals surface area contributed by atoms with E-state index in [-0.39, 0.29) is 0 Å². The first-order chi connectivity index (χ1) is 8.31. The van der Waals surface area contributed by atoms with E-state index in [4.69, 9.17) is 0 Å². The summed E-state index contributed by atoms with van der Waals surface area (Å²) in [4.78, 5) is 2.64. The van der Waals surface area contributed by atoms with Crippen LogP contribution in [-0.4, -0.2) is 30.6 Å². The number of hydrogen-bond acceptors (Lipinski definition) is 2. The first-order valence-electron chi connectivity index (χ1n) is 6.81. The Bertz CT molecular complexity index is 362.